The molecule has 0 aliphatic carbocycles. The summed E-state index contributed by atoms with van der Waals surface area (Å²) in [5.74, 6) is -3.60. The van der Waals surface area contributed by atoms with Gasteiger partial charge >= 0.3 is 11.9 Å². The van der Waals surface area contributed by atoms with Gasteiger partial charge in [0.2, 0.25) is 11.6 Å². The number of carbonyl (C=O) groups excluding carboxylic acids is 4. The maximum atomic E-state index is 13.3. The molecule has 0 N–H and O–H groups in total. The second-order valence-corrected chi connectivity index (χ2v) is 15.0. The molecular formula is C44H28Cl4F2N6O6. The van der Waals surface area contributed by atoms with Gasteiger partial charge in [0.1, 0.15) is 22.7 Å². The van der Waals surface area contributed by atoms with Crippen LogP contribution in [0.3, 0.4) is 0 Å². The Morgan fingerprint density at radius 1 is 0.516 bits per heavy atom. The van der Waals surface area contributed by atoms with Crippen molar-refractivity contribution in [2.75, 3.05) is 0 Å². The molecule has 2 aromatic heterocycles. The molecule has 8 aromatic rings. The van der Waals surface area contributed by atoms with Crippen LogP contribution >= 0.6 is 46.4 Å². The van der Waals surface area contributed by atoms with Crippen molar-refractivity contribution in [1.29, 1.82) is 0 Å². The molecule has 0 spiro atoms. The number of carbonyl (C=O) groups is 4. The van der Waals surface area contributed by atoms with Gasteiger partial charge in [-0.25, -0.2) is 27.7 Å². The number of Topliss-reactive ketones (excluding diaryl/α,β-unsaturated/α-hetero) is 2. The van der Waals surface area contributed by atoms with E-state index in [2.05, 4.69) is 20.6 Å². The molecule has 0 saturated carbocycles. The summed E-state index contributed by atoms with van der Waals surface area (Å²) in [5, 5.41) is 17.1. The minimum absolute atomic E-state index is 0.0615. The molecule has 0 radical (unpaired) electrons. The first kappa shape index (κ1) is 43.5. The Kier molecular flexibility index (Phi) is 13.6. The number of aromatic nitrogens is 6. The maximum absolute atomic E-state index is 13.3. The molecule has 18 heteroatoms. The smallest absolute Gasteiger partial charge is 0.340 e. The highest BCUT2D eigenvalue weighted by atomic mass is 35.5. The van der Waals surface area contributed by atoms with E-state index in [0.29, 0.717) is 32.1 Å². The Morgan fingerprint density at radius 3 is 1.26 bits per heavy atom. The number of ether oxygens (including phenoxy) is 2. The summed E-state index contributed by atoms with van der Waals surface area (Å²) in [5.41, 5.74) is 3.08. The minimum Gasteiger partial charge on any atom is -0.448 e. The topological polar surface area (TPSA) is 148 Å². The van der Waals surface area contributed by atoms with Crippen LogP contribution in [-0.2, 0) is 22.6 Å². The van der Waals surface area contributed by atoms with E-state index in [-0.39, 0.29) is 45.4 Å². The first-order valence-corrected chi connectivity index (χ1v) is 19.8. The van der Waals surface area contributed by atoms with E-state index in [1.165, 1.54) is 70.0 Å². The molecular weight excluding hydrogens is 888 g/mol. The zero-order valence-electron chi connectivity index (χ0n) is 31.7. The lowest BCUT2D eigenvalue weighted by Crippen LogP contribution is -2.32. The molecule has 0 bridgehead atoms. The van der Waals surface area contributed by atoms with Crippen molar-refractivity contribution < 1.29 is 37.4 Å². The SMILES string of the molecule is O=C(O[C@@H](Cn1nnc2ccccc21)C(=O)c1ccc(F)cc1)c1ccc(Cl)cc1Cl.O=C(O[C@H](Cn1nnc2ccccc21)C(=O)c1ccc(F)cc1)c1ccc(Cl)cc1Cl. The molecule has 2 atom stereocenters. The second kappa shape index (κ2) is 19.4. The van der Waals surface area contributed by atoms with Crippen molar-refractivity contribution in [3.05, 3.63) is 187 Å². The van der Waals surface area contributed by atoms with Gasteiger partial charge in [-0.1, -0.05) is 81.1 Å². The van der Waals surface area contributed by atoms with Gasteiger partial charge in [-0.2, -0.15) is 0 Å². The highest BCUT2D eigenvalue weighted by Gasteiger charge is 2.29. The average Bonchev–Trinajstić information content (AvgIpc) is 3.87. The number of ketones is 2. The Balaban J connectivity index is 0.000000186. The third-order valence-corrected chi connectivity index (χ3v) is 10.3. The van der Waals surface area contributed by atoms with E-state index < -0.39 is 47.3 Å². The Morgan fingerprint density at radius 2 is 0.887 bits per heavy atom. The number of para-hydroxylation sites is 2. The third-order valence-electron chi connectivity index (χ3n) is 9.16. The second-order valence-electron chi connectivity index (χ2n) is 13.3. The summed E-state index contributed by atoms with van der Waals surface area (Å²) in [6.07, 6.45) is -2.51. The number of hydrogen-bond acceptors (Lipinski definition) is 10. The lowest BCUT2D eigenvalue weighted by Gasteiger charge is -2.18. The van der Waals surface area contributed by atoms with Crippen LogP contribution in [0.2, 0.25) is 20.1 Å². The van der Waals surface area contributed by atoms with Crippen molar-refractivity contribution >= 4 is 92.0 Å². The fourth-order valence-corrected chi connectivity index (χ4v) is 7.03. The Labute approximate surface area is 370 Å². The molecule has 62 heavy (non-hydrogen) atoms. The van der Waals surface area contributed by atoms with Crippen molar-refractivity contribution in [1.82, 2.24) is 30.0 Å². The van der Waals surface area contributed by atoms with Crippen LogP contribution in [0.15, 0.2) is 133 Å². The summed E-state index contributed by atoms with van der Waals surface area (Å²) in [6, 6.07) is 32.9. The molecule has 8 rings (SSSR count). The molecule has 0 aliphatic heterocycles. The number of hydrogen-bond donors (Lipinski definition) is 0. The largest absolute Gasteiger partial charge is 0.448 e. The number of halogens is 6. The molecule has 0 unspecified atom stereocenters. The minimum atomic E-state index is -1.25. The van der Waals surface area contributed by atoms with E-state index in [0.717, 1.165) is 24.3 Å². The van der Waals surface area contributed by atoms with Crippen LogP contribution in [0.5, 0.6) is 0 Å². The van der Waals surface area contributed by atoms with Gasteiger partial charge in [0, 0.05) is 21.2 Å². The Bertz CT molecular complexity index is 2750. The van der Waals surface area contributed by atoms with Crippen molar-refractivity contribution in [3.63, 3.8) is 0 Å². The fraction of sp³-hybridized carbons (Fsp3) is 0.0909. The number of nitrogens with zero attached hydrogens (tertiary/aromatic N) is 6. The molecule has 0 fully saturated rings. The predicted octanol–water partition coefficient (Wildman–Crippen LogP) is 9.97. The molecule has 312 valence electrons. The first-order valence-electron chi connectivity index (χ1n) is 18.3. The lowest BCUT2D eigenvalue weighted by molar-refractivity contribution is 0.0242. The fourth-order valence-electron chi connectivity index (χ4n) is 6.06. The number of esters is 2. The van der Waals surface area contributed by atoms with Crippen LogP contribution in [0, 0.1) is 11.6 Å². The highest BCUT2D eigenvalue weighted by molar-refractivity contribution is 6.37. The first-order chi connectivity index (χ1) is 29.8. The van der Waals surface area contributed by atoms with Gasteiger partial charge in [0.25, 0.3) is 0 Å². The molecule has 0 aliphatic rings. The standard InChI is InChI=1S/2C22H14Cl2FN3O3/c2*23-14-7-10-16(17(24)11-14)22(30)31-20(21(29)13-5-8-15(25)9-6-13)12-28-19-4-2-1-3-18(19)26-27-28/h2*1-11,20H,12H2/t2*20-/m10/s1. The van der Waals surface area contributed by atoms with Gasteiger partial charge in [-0.3, -0.25) is 9.59 Å². The zero-order valence-corrected chi connectivity index (χ0v) is 34.7. The molecule has 12 nitrogen and oxygen atoms in total. The van der Waals surface area contributed by atoms with Crippen molar-refractivity contribution in [3.8, 4) is 0 Å². The molecule has 6 aromatic carbocycles. The van der Waals surface area contributed by atoms with E-state index in [4.69, 9.17) is 55.9 Å². The number of benzene rings is 6. The Hall–Kier alpha value is -6.58. The highest BCUT2D eigenvalue weighted by Crippen LogP contribution is 2.25. The van der Waals surface area contributed by atoms with E-state index in [1.54, 1.807) is 36.4 Å². The number of fused-ring (bicyclic) bond motifs is 2. The van der Waals surface area contributed by atoms with Crippen LogP contribution in [0.1, 0.15) is 41.4 Å². The quantitative estimate of drug-likeness (QED) is 0.0857. The van der Waals surface area contributed by atoms with E-state index in [1.807, 2.05) is 12.1 Å². The zero-order chi connectivity index (χ0) is 43.9. The molecule has 0 saturated heterocycles. The summed E-state index contributed by atoms with van der Waals surface area (Å²) in [4.78, 5) is 51.7. The normalized spacial score (nSPS) is 12.0. The van der Waals surface area contributed by atoms with Gasteiger partial charge in [-0.15, -0.1) is 10.2 Å². The van der Waals surface area contributed by atoms with E-state index >= 15 is 0 Å². The van der Waals surface area contributed by atoms with E-state index in [9.17, 15) is 28.0 Å². The van der Waals surface area contributed by atoms with Gasteiger partial charge in [0.05, 0.1) is 45.3 Å². The van der Waals surface area contributed by atoms with Crippen LogP contribution < -0.4 is 0 Å². The summed E-state index contributed by atoms with van der Waals surface area (Å²) < 4.78 is 40.6. The summed E-state index contributed by atoms with van der Waals surface area (Å²) >= 11 is 24.0. The van der Waals surface area contributed by atoms with Crippen molar-refractivity contribution in [2.45, 2.75) is 25.3 Å². The monoisotopic (exact) mass is 914 g/mol. The molecule has 2 heterocycles. The van der Waals surface area contributed by atoms with Crippen LogP contribution in [-0.4, -0.2) is 65.7 Å². The molecule has 0 amide bonds. The van der Waals surface area contributed by atoms with Gasteiger partial charge < -0.3 is 9.47 Å². The third kappa shape index (κ3) is 10.3. The van der Waals surface area contributed by atoms with Gasteiger partial charge in [-0.05, 0) is 109 Å². The lowest BCUT2D eigenvalue weighted by atomic mass is 10.1. The number of rotatable bonds is 12. The van der Waals surface area contributed by atoms with Gasteiger partial charge in [0.15, 0.2) is 12.2 Å². The van der Waals surface area contributed by atoms with Crippen LogP contribution in [0.4, 0.5) is 8.78 Å². The summed E-state index contributed by atoms with van der Waals surface area (Å²) in [7, 11) is 0. The average molecular weight is 917 g/mol. The van der Waals surface area contributed by atoms with Crippen molar-refractivity contribution in [2.24, 2.45) is 0 Å². The predicted molar refractivity (Wildman–Crippen MR) is 228 cm³/mol. The maximum Gasteiger partial charge on any atom is 0.340 e. The summed E-state index contributed by atoms with van der Waals surface area (Å²) in [6.45, 7) is -0.179. The van der Waals surface area contributed by atoms with Crippen LogP contribution in [0.25, 0.3) is 22.1 Å².